The molecule has 4 heteroatoms. The van der Waals surface area contributed by atoms with Crippen LogP contribution in [0.25, 0.3) is 5.69 Å². The maximum Gasteiger partial charge on any atom is 0.0805 e. The van der Waals surface area contributed by atoms with E-state index in [4.69, 9.17) is 28.2 Å². The van der Waals surface area contributed by atoms with E-state index in [1.165, 1.54) is 16.8 Å². The third kappa shape index (κ3) is 2.38. The van der Waals surface area contributed by atoms with Gasteiger partial charge in [-0.1, -0.05) is 41.4 Å². The first-order valence-electron chi connectivity index (χ1n) is 7.83. The van der Waals surface area contributed by atoms with Crippen molar-refractivity contribution in [2.24, 2.45) is 4.99 Å². The molecule has 0 aliphatic carbocycles. The summed E-state index contributed by atoms with van der Waals surface area (Å²) in [6.45, 7) is 4.89. The number of aryl methyl sites for hydroxylation is 1. The molecule has 4 rings (SSSR count). The first kappa shape index (κ1) is 15.5. The van der Waals surface area contributed by atoms with E-state index in [0.717, 1.165) is 22.5 Å². The van der Waals surface area contributed by atoms with E-state index in [2.05, 4.69) is 30.7 Å². The van der Waals surface area contributed by atoms with Gasteiger partial charge in [0.05, 0.1) is 17.9 Å². The van der Waals surface area contributed by atoms with Crippen LogP contribution in [0.15, 0.2) is 53.7 Å². The van der Waals surface area contributed by atoms with Crippen molar-refractivity contribution in [3.8, 4) is 5.69 Å². The van der Waals surface area contributed by atoms with Crippen molar-refractivity contribution in [1.29, 1.82) is 0 Å². The summed E-state index contributed by atoms with van der Waals surface area (Å²) in [7, 11) is 0. The molecular formula is C20H16Cl2N2. The number of hydrogen-bond acceptors (Lipinski definition) is 1. The number of aromatic nitrogens is 1. The highest BCUT2D eigenvalue weighted by molar-refractivity contribution is 6.36. The SMILES string of the molecule is Cc1cn2c(c1C)CN=C(c1ccccc1Cl)c1cc(Cl)ccc1-2. The molecule has 0 bridgehead atoms. The fraction of sp³-hybridized carbons (Fsp3) is 0.150. The minimum Gasteiger partial charge on any atom is -0.318 e. The van der Waals surface area contributed by atoms with Gasteiger partial charge in [0.25, 0.3) is 0 Å². The topological polar surface area (TPSA) is 17.3 Å². The largest absolute Gasteiger partial charge is 0.318 e. The molecule has 24 heavy (non-hydrogen) atoms. The predicted octanol–water partition coefficient (Wildman–Crippen LogP) is 5.75. The highest BCUT2D eigenvalue weighted by Gasteiger charge is 2.22. The van der Waals surface area contributed by atoms with Crippen LogP contribution in [-0.2, 0) is 6.54 Å². The van der Waals surface area contributed by atoms with Crippen LogP contribution >= 0.6 is 23.2 Å². The molecule has 1 aromatic heterocycles. The Morgan fingerprint density at radius 2 is 1.79 bits per heavy atom. The molecule has 2 aromatic carbocycles. The van der Waals surface area contributed by atoms with Crippen LogP contribution in [0, 0.1) is 13.8 Å². The maximum atomic E-state index is 6.44. The molecule has 0 atom stereocenters. The van der Waals surface area contributed by atoms with E-state index in [0.29, 0.717) is 16.6 Å². The summed E-state index contributed by atoms with van der Waals surface area (Å²) in [5.41, 5.74) is 7.66. The standard InChI is InChI=1S/C20H16Cl2N2/c1-12-11-24-18-8-7-14(21)9-16(18)20(23-10-19(24)13(12)2)15-5-3-4-6-17(15)22/h3-9,11H,10H2,1-2H3. The van der Waals surface area contributed by atoms with Gasteiger partial charge in [-0.05, 0) is 49.2 Å². The molecule has 0 saturated carbocycles. The quantitative estimate of drug-likeness (QED) is 0.529. The van der Waals surface area contributed by atoms with Gasteiger partial charge in [0.2, 0.25) is 0 Å². The summed E-state index contributed by atoms with van der Waals surface area (Å²) in [6, 6.07) is 13.8. The highest BCUT2D eigenvalue weighted by atomic mass is 35.5. The van der Waals surface area contributed by atoms with Gasteiger partial charge < -0.3 is 4.57 Å². The van der Waals surface area contributed by atoms with Crippen molar-refractivity contribution in [3.05, 3.63) is 86.7 Å². The number of benzene rings is 2. The van der Waals surface area contributed by atoms with Gasteiger partial charge in [-0.3, -0.25) is 4.99 Å². The Balaban J connectivity index is 2.03. The molecule has 0 unspecified atom stereocenters. The molecule has 120 valence electrons. The average molecular weight is 355 g/mol. The normalized spacial score (nSPS) is 13.1. The van der Waals surface area contributed by atoms with Crippen molar-refractivity contribution >= 4 is 28.9 Å². The van der Waals surface area contributed by atoms with Gasteiger partial charge in [0, 0.05) is 33.1 Å². The Labute approximate surface area is 151 Å². The third-order valence-electron chi connectivity index (χ3n) is 4.63. The van der Waals surface area contributed by atoms with E-state index in [-0.39, 0.29) is 0 Å². The fourth-order valence-electron chi connectivity index (χ4n) is 3.22. The molecule has 0 spiro atoms. The number of nitrogens with zero attached hydrogens (tertiary/aromatic N) is 2. The summed E-state index contributed by atoms with van der Waals surface area (Å²) in [4.78, 5) is 4.90. The number of hydrogen-bond donors (Lipinski definition) is 0. The van der Waals surface area contributed by atoms with E-state index < -0.39 is 0 Å². The van der Waals surface area contributed by atoms with Crippen LogP contribution < -0.4 is 0 Å². The summed E-state index contributed by atoms with van der Waals surface area (Å²) in [5, 5.41) is 1.39. The number of halogens is 2. The molecule has 3 aromatic rings. The maximum absolute atomic E-state index is 6.44. The summed E-state index contributed by atoms with van der Waals surface area (Å²) < 4.78 is 2.23. The lowest BCUT2D eigenvalue weighted by Gasteiger charge is -2.13. The van der Waals surface area contributed by atoms with Crippen molar-refractivity contribution < 1.29 is 0 Å². The van der Waals surface area contributed by atoms with Gasteiger partial charge in [0.1, 0.15) is 0 Å². The average Bonchev–Trinajstić information content (AvgIpc) is 2.76. The van der Waals surface area contributed by atoms with Gasteiger partial charge >= 0.3 is 0 Å². The van der Waals surface area contributed by atoms with Crippen molar-refractivity contribution in [2.45, 2.75) is 20.4 Å². The fourth-order valence-corrected chi connectivity index (χ4v) is 3.61. The molecule has 0 amide bonds. The van der Waals surface area contributed by atoms with Crippen LogP contribution in [0.4, 0.5) is 0 Å². The van der Waals surface area contributed by atoms with E-state index in [9.17, 15) is 0 Å². The zero-order chi connectivity index (χ0) is 16.8. The van der Waals surface area contributed by atoms with E-state index in [1.54, 1.807) is 0 Å². The van der Waals surface area contributed by atoms with Gasteiger partial charge in [-0.25, -0.2) is 0 Å². The first-order valence-corrected chi connectivity index (χ1v) is 8.59. The first-order chi connectivity index (χ1) is 11.6. The summed E-state index contributed by atoms with van der Waals surface area (Å²) >= 11 is 12.7. The Morgan fingerprint density at radius 3 is 2.58 bits per heavy atom. The minimum atomic E-state index is 0.618. The van der Waals surface area contributed by atoms with Crippen LogP contribution in [0.5, 0.6) is 0 Å². The lowest BCUT2D eigenvalue weighted by molar-refractivity contribution is 0.914. The molecular weight excluding hydrogens is 339 g/mol. The Morgan fingerprint density at radius 1 is 1.00 bits per heavy atom. The molecule has 0 saturated heterocycles. The lowest BCUT2D eigenvalue weighted by Crippen LogP contribution is -2.07. The Bertz CT molecular complexity index is 983. The van der Waals surface area contributed by atoms with E-state index in [1.807, 2.05) is 36.4 Å². The zero-order valence-corrected chi connectivity index (χ0v) is 15.0. The second-order valence-electron chi connectivity index (χ2n) is 6.06. The molecule has 1 aliphatic rings. The Hall–Kier alpha value is -2.03. The van der Waals surface area contributed by atoms with Crippen molar-refractivity contribution in [2.75, 3.05) is 0 Å². The van der Waals surface area contributed by atoms with Gasteiger partial charge in [0.15, 0.2) is 0 Å². The second kappa shape index (κ2) is 5.80. The number of rotatable bonds is 1. The van der Waals surface area contributed by atoms with Crippen LogP contribution in [0.3, 0.4) is 0 Å². The zero-order valence-electron chi connectivity index (χ0n) is 13.5. The van der Waals surface area contributed by atoms with Crippen LogP contribution in [0.1, 0.15) is 27.9 Å². The van der Waals surface area contributed by atoms with Gasteiger partial charge in [-0.2, -0.15) is 0 Å². The summed E-state index contributed by atoms with van der Waals surface area (Å²) in [6.07, 6.45) is 2.17. The predicted molar refractivity (Wildman–Crippen MR) is 101 cm³/mol. The molecule has 1 aliphatic heterocycles. The smallest absolute Gasteiger partial charge is 0.0805 e. The van der Waals surface area contributed by atoms with Crippen LogP contribution in [-0.4, -0.2) is 10.3 Å². The molecule has 0 fully saturated rings. The molecule has 2 nitrogen and oxygen atoms in total. The number of fused-ring (bicyclic) bond motifs is 3. The molecule has 0 radical (unpaired) electrons. The minimum absolute atomic E-state index is 0.618. The Kier molecular flexibility index (Phi) is 3.75. The van der Waals surface area contributed by atoms with Crippen molar-refractivity contribution in [1.82, 2.24) is 4.57 Å². The molecule has 0 N–H and O–H groups in total. The summed E-state index contributed by atoms with van der Waals surface area (Å²) in [5.74, 6) is 0. The highest BCUT2D eigenvalue weighted by Crippen LogP contribution is 2.32. The second-order valence-corrected chi connectivity index (χ2v) is 6.90. The number of aliphatic imine (C=N–C) groups is 1. The third-order valence-corrected chi connectivity index (χ3v) is 5.19. The lowest BCUT2D eigenvalue weighted by atomic mass is 10.0. The molecule has 2 heterocycles. The van der Waals surface area contributed by atoms with Crippen molar-refractivity contribution in [3.63, 3.8) is 0 Å². The van der Waals surface area contributed by atoms with E-state index >= 15 is 0 Å². The monoisotopic (exact) mass is 354 g/mol. The van der Waals surface area contributed by atoms with Gasteiger partial charge in [-0.15, -0.1) is 0 Å². The van der Waals surface area contributed by atoms with Crippen LogP contribution in [0.2, 0.25) is 10.0 Å².